The molecule has 0 saturated heterocycles. The van der Waals surface area contributed by atoms with Gasteiger partial charge < -0.3 is 14.4 Å². The van der Waals surface area contributed by atoms with Crippen molar-refractivity contribution in [3.8, 4) is 33.6 Å². The van der Waals surface area contributed by atoms with Gasteiger partial charge in [-0.25, -0.2) is 0 Å². The van der Waals surface area contributed by atoms with Gasteiger partial charge in [0.25, 0.3) is 0 Å². The minimum absolute atomic E-state index is 0. The number of hydrogen-bond donors (Lipinski definition) is 0. The zero-order valence-corrected chi connectivity index (χ0v) is 29.8. The van der Waals surface area contributed by atoms with Gasteiger partial charge in [-0.1, -0.05) is 96.8 Å². The van der Waals surface area contributed by atoms with Crippen molar-refractivity contribution in [1.82, 2.24) is 9.97 Å². The molecule has 0 aliphatic heterocycles. The standard InChI is InChI=1S/C27H20NO.C14H16NSi.Ir/c1-2-6-18(7-3-1)20-11-13-25-24(16-20)23-12-10-21(17-26(23)29-25)27-22-9-5-4-8-19(22)14-15-28-27;1-16(2,3)13-9-10-14(15-11-13)12-7-5-4-6-8-12;/h1-3,6-7,11-17H,4-5,8-9H2;4-7,9-11H,1-3H3;/q2*-1;. The molecule has 0 saturated carbocycles. The number of aromatic nitrogens is 2. The molecule has 0 fully saturated rings. The van der Waals surface area contributed by atoms with Gasteiger partial charge in [0.05, 0.1) is 13.7 Å². The molecule has 0 amide bonds. The Kier molecular flexibility index (Phi) is 9.46. The van der Waals surface area contributed by atoms with Gasteiger partial charge in [-0.2, -0.15) is 0 Å². The summed E-state index contributed by atoms with van der Waals surface area (Å²) in [6.07, 6.45) is 8.71. The van der Waals surface area contributed by atoms with Gasteiger partial charge in [-0.15, -0.1) is 53.6 Å². The predicted molar refractivity (Wildman–Crippen MR) is 189 cm³/mol. The first-order chi connectivity index (χ1) is 21.9. The van der Waals surface area contributed by atoms with Crippen LogP contribution in [-0.4, -0.2) is 18.0 Å². The summed E-state index contributed by atoms with van der Waals surface area (Å²) in [4.78, 5) is 9.22. The number of nitrogens with zero attached hydrogens (tertiary/aromatic N) is 2. The second kappa shape index (κ2) is 13.7. The summed E-state index contributed by atoms with van der Waals surface area (Å²) in [6.45, 7) is 7.00. The van der Waals surface area contributed by atoms with Gasteiger partial charge in [0, 0.05) is 32.5 Å². The largest absolute Gasteiger partial charge is 0.476 e. The van der Waals surface area contributed by atoms with E-state index in [9.17, 15) is 0 Å². The third-order valence-corrected chi connectivity index (χ3v) is 10.7. The van der Waals surface area contributed by atoms with Crippen molar-refractivity contribution in [2.45, 2.75) is 45.3 Å². The molecular weight excluding hydrogens is 757 g/mol. The van der Waals surface area contributed by atoms with E-state index in [1.54, 1.807) is 0 Å². The van der Waals surface area contributed by atoms with E-state index < -0.39 is 8.07 Å². The van der Waals surface area contributed by atoms with Crippen LogP contribution in [-0.2, 0) is 32.9 Å². The Morgan fingerprint density at radius 2 is 1.52 bits per heavy atom. The molecule has 0 unspecified atom stereocenters. The Bertz CT molecular complexity index is 2080. The minimum atomic E-state index is -1.23. The molecule has 5 heteroatoms. The van der Waals surface area contributed by atoms with Gasteiger partial charge >= 0.3 is 0 Å². The maximum atomic E-state index is 6.20. The van der Waals surface area contributed by atoms with Gasteiger partial charge in [-0.3, -0.25) is 0 Å². The van der Waals surface area contributed by atoms with Crippen molar-refractivity contribution in [3.05, 3.63) is 139 Å². The number of hydrogen-bond acceptors (Lipinski definition) is 3. The molecule has 0 spiro atoms. The van der Waals surface area contributed by atoms with Gasteiger partial charge in [0.15, 0.2) is 0 Å². The van der Waals surface area contributed by atoms with Crippen LogP contribution < -0.4 is 5.19 Å². The number of rotatable bonds is 4. The third-order valence-electron chi connectivity index (χ3n) is 8.66. The number of aryl methyl sites for hydroxylation is 1. The first kappa shape index (κ1) is 31.8. The van der Waals surface area contributed by atoms with E-state index in [1.165, 1.54) is 40.3 Å². The molecule has 4 aromatic carbocycles. The molecule has 3 heterocycles. The van der Waals surface area contributed by atoms with Gasteiger partial charge in [0.1, 0.15) is 5.58 Å². The van der Waals surface area contributed by atoms with Crippen LogP contribution in [0.25, 0.3) is 55.6 Å². The Morgan fingerprint density at radius 3 is 2.28 bits per heavy atom. The minimum Gasteiger partial charge on any atom is -0.476 e. The Labute approximate surface area is 286 Å². The van der Waals surface area contributed by atoms with Crippen LogP contribution in [0.15, 0.2) is 120 Å². The molecule has 8 rings (SSSR count). The fraction of sp³-hybridized carbons (Fsp3) is 0.171. The van der Waals surface area contributed by atoms with Crippen LogP contribution in [0.3, 0.4) is 0 Å². The summed E-state index contributed by atoms with van der Waals surface area (Å²) in [6, 6.07) is 42.1. The third kappa shape index (κ3) is 6.68. The fourth-order valence-corrected chi connectivity index (χ4v) is 7.14. The van der Waals surface area contributed by atoms with Crippen LogP contribution in [0, 0.1) is 12.1 Å². The van der Waals surface area contributed by atoms with Crippen molar-refractivity contribution in [3.63, 3.8) is 0 Å². The van der Waals surface area contributed by atoms with E-state index in [1.807, 2.05) is 42.7 Å². The molecule has 7 aromatic rings. The normalized spacial score (nSPS) is 12.6. The molecule has 231 valence electrons. The Balaban J connectivity index is 0.000000187. The Hall–Kier alpha value is -4.15. The second-order valence-corrected chi connectivity index (χ2v) is 17.8. The fourth-order valence-electron chi connectivity index (χ4n) is 6.11. The molecule has 1 radical (unpaired) electrons. The summed E-state index contributed by atoms with van der Waals surface area (Å²) in [5.74, 6) is 0. The van der Waals surface area contributed by atoms with E-state index >= 15 is 0 Å². The average Bonchev–Trinajstić information content (AvgIpc) is 3.46. The van der Waals surface area contributed by atoms with E-state index in [-0.39, 0.29) is 20.1 Å². The Morgan fingerprint density at radius 1 is 0.696 bits per heavy atom. The molecule has 1 aliphatic carbocycles. The van der Waals surface area contributed by atoms with Crippen molar-refractivity contribution >= 4 is 35.2 Å². The zero-order valence-electron chi connectivity index (χ0n) is 26.4. The zero-order chi connectivity index (χ0) is 30.8. The molecule has 3 nitrogen and oxygen atoms in total. The number of fused-ring (bicyclic) bond motifs is 4. The van der Waals surface area contributed by atoms with Crippen LogP contribution in [0.4, 0.5) is 0 Å². The molecule has 1 aliphatic rings. The average molecular weight is 793 g/mol. The monoisotopic (exact) mass is 793 g/mol. The van der Waals surface area contributed by atoms with Crippen molar-refractivity contribution in [1.29, 1.82) is 0 Å². The number of furan rings is 1. The van der Waals surface area contributed by atoms with Crippen LogP contribution in [0.1, 0.15) is 24.0 Å². The summed E-state index contributed by atoms with van der Waals surface area (Å²) < 4.78 is 6.20. The topological polar surface area (TPSA) is 38.9 Å². The molecular formula is C41H36IrN2OSi-2. The van der Waals surface area contributed by atoms with E-state index in [0.717, 1.165) is 57.3 Å². The number of pyridine rings is 2. The molecule has 0 N–H and O–H groups in total. The van der Waals surface area contributed by atoms with Crippen LogP contribution in [0.2, 0.25) is 19.6 Å². The number of benzene rings is 4. The van der Waals surface area contributed by atoms with Crippen LogP contribution >= 0.6 is 0 Å². The maximum absolute atomic E-state index is 6.20. The molecule has 46 heavy (non-hydrogen) atoms. The predicted octanol–water partition coefficient (Wildman–Crippen LogP) is 10.1. The first-order valence-electron chi connectivity index (χ1n) is 15.8. The van der Waals surface area contributed by atoms with E-state index in [4.69, 9.17) is 9.40 Å². The van der Waals surface area contributed by atoms with Crippen LogP contribution in [0.5, 0.6) is 0 Å². The van der Waals surface area contributed by atoms with Crippen molar-refractivity contribution < 1.29 is 24.5 Å². The smallest absolute Gasteiger partial charge is 0.123 e. The summed E-state index contributed by atoms with van der Waals surface area (Å²) >= 11 is 0. The van der Waals surface area contributed by atoms with E-state index in [0.29, 0.717) is 0 Å². The molecule has 3 aromatic heterocycles. The van der Waals surface area contributed by atoms with Gasteiger partial charge in [-0.05, 0) is 70.9 Å². The SMILES string of the molecule is C[Si](C)(C)c1ccc(-c2[c-]cccc2)nc1.[Ir].[c-]1cc2c(cc1-c1nccc3c1CCCC3)oc1ccc(-c3ccccc3)cc12. The summed E-state index contributed by atoms with van der Waals surface area (Å²) in [5.41, 5.74) is 11.2. The summed E-state index contributed by atoms with van der Waals surface area (Å²) in [5, 5.41) is 3.63. The second-order valence-electron chi connectivity index (χ2n) is 12.8. The summed E-state index contributed by atoms with van der Waals surface area (Å²) in [7, 11) is -1.23. The maximum Gasteiger partial charge on any atom is 0.123 e. The first-order valence-corrected chi connectivity index (χ1v) is 19.3. The van der Waals surface area contributed by atoms with Gasteiger partial charge in [0.2, 0.25) is 0 Å². The van der Waals surface area contributed by atoms with Crippen molar-refractivity contribution in [2.75, 3.05) is 0 Å². The van der Waals surface area contributed by atoms with Crippen molar-refractivity contribution in [2.24, 2.45) is 0 Å². The van der Waals surface area contributed by atoms with E-state index in [2.05, 4.69) is 110 Å². The molecule has 0 bridgehead atoms. The molecule has 0 atom stereocenters. The quantitative estimate of drug-likeness (QED) is 0.132.